The van der Waals surface area contributed by atoms with Crippen molar-refractivity contribution < 1.29 is 47.6 Å². The summed E-state index contributed by atoms with van der Waals surface area (Å²) < 4.78 is 36.3. The maximum atomic E-state index is 13.0. The molecule has 2 heterocycles. The molecular weight excluding hydrogens is 1220 g/mol. The molecule has 0 radical (unpaired) electrons. The molecule has 6 atom stereocenters. The number of rotatable bonds is 51. The minimum absolute atomic E-state index is 0.0273. The van der Waals surface area contributed by atoms with Gasteiger partial charge in [-0.1, -0.05) is 167 Å². The largest absolute Gasteiger partial charge is 0.487 e. The molecule has 4 N–H and O–H groups in total. The summed E-state index contributed by atoms with van der Waals surface area (Å²) in [5.74, 6) is 8.10. The van der Waals surface area contributed by atoms with Gasteiger partial charge < -0.3 is 49.7 Å². The molecule has 0 saturated carbocycles. The second kappa shape index (κ2) is 45.2. The lowest BCUT2D eigenvalue weighted by Crippen LogP contribution is -2.37. The van der Waals surface area contributed by atoms with Crippen molar-refractivity contribution >= 4 is 45.5 Å². The van der Waals surface area contributed by atoms with Crippen LogP contribution in [0.5, 0.6) is 23.0 Å². The molecule has 0 bridgehead atoms. The van der Waals surface area contributed by atoms with Gasteiger partial charge in [0.1, 0.15) is 47.4 Å². The normalized spacial score (nSPS) is 17.4. The lowest BCUT2D eigenvalue weighted by atomic mass is 9.83. The Morgan fingerprint density at radius 2 is 0.713 bits per heavy atom. The third-order valence-electron chi connectivity index (χ3n) is 20.0. The third kappa shape index (κ3) is 32.0. The molecule has 2 aromatic carbocycles. The number of esters is 4. The highest BCUT2D eigenvalue weighted by Gasteiger charge is 2.37. The molecule has 2 aromatic rings. The van der Waals surface area contributed by atoms with Gasteiger partial charge >= 0.3 is 23.9 Å². The Bertz CT molecular complexity index is 2390. The quantitative estimate of drug-likeness (QED) is 0.0213. The van der Waals surface area contributed by atoms with E-state index >= 15 is 0 Å². The van der Waals surface area contributed by atoms with Crippen LogP contribution in [0.4, 0.5) is 0 Å². The van der Waals surface area contributed by atoms with E-state index in [9.17, 15) is 19.2 Å². The second-order valence-electron chi connectivity index (χ2n) is 29.9. The molecule has 538 valence electrons. The molecule has 6 unspecified atom stereocenters. The summed E-state index contributed by atoms with van der Waals surface area (Å²) in [5, 5.41) is 13.5. The molecule has 14 nitrogen and oxygen atoms in total. The van der Waals surface area contributed by atoms with Crippen molar-refractivity contribution in [1.82, 2.24) is 21.3 Å². The van der Waals surface area contributed by atoms with E-state index in [1.165, 1.54) is 89.9 Å². The van der Waals surface area contributed by atoms with Gasteiger partial charge in [-0.15, -0.1) is 0 Å². The van der Waals surface area contributed by atoms with Crippen molar-refractivity contribution in [2.75, 3.05) is 77.1 Å². The molecule has 0 fully saturated rings. The molecule has 94 heavy (non-hydrogen) atoms. The van der Waals surface area contributed by atoms with Crippen molar-refractivity contribution in [2.24, 2.45) is 35.5 Å². The predicted molar refractivity (Wildman–Crippen MR) is 394 cm³/mol. The summed E-state index contributed by atoms with van der Waals surface area (Å²) in [5.41, 5.74) is 7.57. The van der Waals surface area contributed by atoms with Crippen LogP contribution in [0, 0.1) is 77.0 Å². The lowest BCUT2D eigenvalue weighted by Gasteiger charge is -2.38. The molecule has 0 amide bonds. The number of hydrogen-bond acceptors (Lipinski definition) is 16. The molecule has 2 aliphatic heterocycles. The first-order valence-corrected chi connectivity index (χ1v) is 39.7. The summed E-state index contributed by atoms with van der Waals surface area (Å²) >= 11 is 0. The van der Waals surface area contributed by atoms with E-state index in [1.807, 2.05) is 49.3 Å². The van der Waals surface area contributed by atoms with Crippen LogP contribution in [-0.2, 0) is 41.5 Å². The zero-order chi connectivity index (χ0) is 69.1. The highest BCUT2D eigenvalue weighted by atomic mass is 33.1. The van der Waals surface area contributed by atoms with Crippen LogP contribution >= 0.6 is 21.6 Å². The Labute approximate surface area is 580 Å². The SMILES string of the molecule is Cc1c(C)c2c(c(C)c1OC(=O)CCC(=O)OCCNCCNCCSSCCNCCNCCOC(=O)CCC(=O)Oc1c(C)c(C)c3c(c1C)CCC(C)(CCCC(C)CCCC(C)CCCC(C)C)O3)CCC(C)(CCCC(C)CCCC(C)CCCC(C)C)O2. The molecule has 2 aliphatic rings. The Hall–Kier alpha value is -3.54. The molecule has 0 spiro atoms. The first kappa shape index (κ1) is 82.9. The van der Waals surface area contributed by atoms with Gasteiger partial charge in [-0.25, -0.2) is 0 Å². The first-order valence-electron chi connectivity index (χ1n) is 37.2. The number of fused-ring (bicyclic) bond motifs is 2. The number of ether oxygens (including phenoxy) is 6. The summed E-state index contributed by atoms with van der Waals surface area (Å²) in [4.78, 5) is 51.1. The fourth-order valence-corrected chi connectivity index (χ4v) is 15.3. The van der Waals surface area contributed by atoms with E-state index in [0.717, 1.165) is 194 Å². The number of carbonyl (C=O) groups excluding carboxylic acids is 4. The first-order chi connectivity index (χ1) is 44.8. The monoisotopic (exact) mass is 1350 g/mol. The van der Waals surface area contributed by atoms with E-state index < -0.39 is 23.9 Å². The fraction of sp³-hybridized carbons (Fsp3) is 0.795. The maximum absolute atomic E-state index is 13.0. The van der Waals surface area contributed by atoms with Gasteiger partial charge in [0.05, 0.1) is 25.7 Å². The topological polar surface area (TPSA) is 172 Å². The van der Waals surface area contributed by atoms with E-state index in [4.69, 9.17) is 28.4 Å². The minimum atomic E-state index is -0.435. The molecule has 0 saturated heterocycles. The van der Waals surface area contributed by atoms with Gasteiger partial charge in [0.15, 0.2) is 0 Å². The zero-order valence-electron chi connectivity index (χ0n) is 62.2. The van der Waals surface area contributed by atoms with E-state index in [-0.39, 0.29) is 50.1 Å². The number of hydrogen-bond donors (Lipinski definition) is 4. The van der Waals surface area contributed by atoms with Gasteiger partial charge in [0.2, 0.25) is 0 Å². The van der Waals surface area contributed by atoms with Crippen LogP contribution in [0.1, 0.15) is 268 Å². The van der Waals surface area contributed by atoms with Crippen molar-refractivity contribution in [3.8, 4) is 23.0 Å². The van der Waals surface area contributed by atoms with Crippen molar-refractivity contribution in [3.05, 3.63) is 44.5 Å². The maximum Gasteiger partial charge on any atom is 0.311 e. The highest BCUT2D eigenvalue weighted by Crippen LogP contribution is 2.47. The molecule has 4 rings (SSSR count). The van der Waals surface area contributed by atoms with Gasteiger partial charge in [-0.2, -0.15) is 0 Å². The number of carbonyl (C=O) groups is 4. The second-order valence-corrected chi connectivity index (χ2v) is 32.6. The predicted octanol–water partition coefficient (Wildman–Crippen LogP) is 17.5. The van der Waals surface area contributed by atoms with Crippen molar-refractivity contribution in [1.29, 1.82) is 0 Å². The smallest absolute Gasteiger partial charge is 0.311 e. The average molecular weight is 1350 g/mol. The van der Waals surface area contributed by atoms with Gasteiger partial charge in [0, 0.05) is 75.0 Å². The van der Waals surface area contributed by atoms with Crippen molar-refractivity contribution in [2.45, 2.75) is 289 Å². The van der Waals surface area contributed by atoms with Gasteiger partial charge in [0.25, 0.3) is 0 Å². The summed E-state index contributed by atoms with van der Waals surface area (Å²) in [7, 11) is 3.69. The summed E-state index contributed by atoms with van der Waals surface area (Å²) in [6, 6.07) is 0. The molecule has 0 aromatic heterocycles. The van der Waals surface area contributed by atoms with E-state index in [1.54, 1.807) is 0 Å². The van der Waals surface area contributed by atoms with Crippen LogP contribution in [0.2, 0.25) is 0 Å². The zero-order valence-corrected chi connectivity index (χ0v) is 63.9. The Kier molecular flexibility index (Phi) is 39.8. The van der Waals surface area contributed by atoms with Gasteiger partial charge in [-0.05, 0) is 176 Å². The van der Waals surface area contributed by atoms with Crippen LogP contribution in [0.15, 0.2) is 0 Å². The van der Waals surface area contributed by atoms with Crippen LogP contribution in [0.25, 0.3) is 0 Å². The fourth-order valence-electron chi connectivity index (χ4n) is 13.4. The van der Waals surface area contributed by atoms with Crippen molar-refractivity contribution in [3.63, 3.8) is 0 Å². The number of benzene rings is 2. The Morgan fingerprint density at radius 3 is 1.05 bits per heavy atom. The Balaban J connectivity index is 0.934. The molecule has 0 aliphatic carbocycles. The lowest BCUT2D eigenvalue weighted by molar-refractivity contribution is -0.147. The molecular formula is C78H134N4O10S2. The van der Waals surface area contributed by atoms with Crippen LogP contribution in [0.3, 0.4) is 0 Å². The third-order valence-corrected chi connectivity index (χ3v) is 22.4. The average Bonchev–Trinajstić information content (AvgIpc) is 0.770. The van der Waals surface area contributed by atoms with Crippen LogP contribution < -0.4 is 40.2 Å². The van der Waals surface area contributed by atoms with Gasteiger partial charge in [-0.3, -0.25) is 19.2 Å². The highest BCUT2D eigenvalue weighted by molar-refractivity contribution is 8.76. The summed E-state index contributed by atoms with van der Waals surface area (Å²) in [6.07, 6.45) is 26.4. The van der Waals surface area contributed by atoms with E-state index in [2.05, 4.69) is 104 Å². The minimum Gasteiger partial charge on any atom is -0.487 e. The summed E-state index contributed by atoms with van der Waals surface area (Å²) in [6.45, 7) is 42.1. The van der Waals surface area contributed by atoms with Crippen LogP contribution in [-0.4, -0.2) is 112 Å². The Morgan fingerprint density at radius 1 is 0.404 bits per heavy atom. The number of nitrogens with one attached hydrogen (secondary N) is 4. The standard InChI is InChI=1S/C78H134N4O10S2/c1-55(2)23-17-25-57(5)27-19-29-59(7)31-21-39-77(15)41-37-67-65(13)73(61(9)63(11)75(67)91-77)89-71(85)35-33-69(83)87-51-47-79-43-45-81-49-53-93-94-54-50-82-46-44-80-48-52-88-70(84)34-36-72(86)90-74-62(10)64(12)76-68(66(74)14)38-42-78(16,92-76)40-22-32-60(8)30-20-28-58(6)26-18-24-56(3)4/h55-60,79-82H,17-54H2,1-16H3. The van der Waals surface area contributed by atoms with E-state index in [0.29, 0.717) is 24.6 Å². The molecule has 16 heteroatoms.